The number of rotatable bonds is 6. The molecule has 5 heteroatoms. The summed E-state index contributed by atoms with van der Waals surface area (Å²) in [5.74, 6) is 1.28. The van der Waals surface area contributed by atoms with Crippen LogP contribution in [0.1, 0.15) is 15.4 Å². The average molecular weight is 324 g/mol. The Morgan fingerprint density at radius 1 is 1.09 bits per heavy atom. The summed E-state index contributed by atoms with van der Waals surface area (Å²) in [6.45, 7) is 0.566. The highest BCUT2D eigenvalue weighted by Gasteiger charge is 2.07. The highest BCUT2D eigenvalue weighted by molar-refractivity contribution is 7.09. The standard InChI is InChI=1S/C18H16N2O2S/c21-18(20-10-9-17-19-11-12-23-17)14-5-4-8-16(13-14)22-15-6-2-1-3-7-15/h1-8,11-13H,9-10H2,(H,20,21). The van der Waals surface area contributed by atoms with Crippen LogP contribution in [0.2, 0.25) is 0 Å². The van der Waals surface area contributed by atoms with Crippen LogP contribution in [0.3, 0.4) is 0 Å². The number of nitrogens with zero attached hydrogens (tertiary/aromatic N) is 1. The van der Waals surface area contributed by atoms with Crippen molar-refractivity contribution >= 4 is 17.2 Å². The number of aromatic nitrogens is 1. The molecule has 0 aliphatic rings. The minimum absolute atomic E-state index is 0.111. The number of amides is 1. The lowest BCUT2D eigenvalue weighted by Crippen LogP contribution is -2.25. The Hall–Kier alpha value is -2.66. The van der Waals surface area contributed by atoms with Gasteiger partial charge in [-0.2, -0.15) is 0 Å². The van der Waals surface area contributed by atoms with Crippen LogP contribution >= 0.6 is 11.3 Å². The van der Waals surface area contributed by atoms with Gasteiger partial charge in [-0.3, -0.25) is 4.79 Å². The van der Waals surface area contributed by atoms with Crippen LogP contribution in [0.5, 0.6) is 11.5 Å². The first-order valence-corrected chi connectivity index (χ1v) is 8.19. The van der Waals surface area contributed by atoms with Gasteiger partial charge in [0.25, 0.3) is 5.91 Å². The monoisotopic (exact) mass is 324 g/mol. The van der Waals surface area contributed by atoms with Crippen LogP contribution in [0, 0.1) is 0 Å². The molecule has 1 amide bonds. The van der Waals surface area contributed by atoms with Crippen LogP contribution in [0.4, 0.5) is 0 Å². The molecule has 0 unspecified atom stereocenters. The van der Waals surface area contributed by atoms with Gasteiger partial charge in [0.05, 0.1) is 5.01 Å². The number of para-hydroxylation sites is 1. The molecule has 0 fully saturated rings. The Labute approximate surface area is 138 Å². The van der Waals surface area contributed by atoms with E-state index in [0.717, 1.165) is 17.2 Å². The Morgan fingerprint density at radius 2 is 1.91 bits per heavy atom. The van der Waals surface area contributed by atoms with Crippen molar-refractivity contribution in [1.29, 1.82) is 0 Å². The number of nitrogens with one attached hydrogen (secondary N) is 1. The molecule has 0 saturated heterocycles. The smallest absolute Gasteiger partial charge is 0.251 e. The predicted octanol–water partition coefficient (Wildman–Crippen LogP) is 3.91. The number of carbonyl (C=O) groups excluding carboxylic acids is 1. The molecule has 116 valence electrons. The van der Waals surface area contributed by atoms with E-state index in [9.17, 15) is 4.79 Å². The Bertz CT molecular complexity index is 758. The molecule has 23 heavy (non-hydrogen) atoms. The highest BCUT2D eigenvalue weighted by atomic mass is 32.1. The van der Waals surface area contributed by atoms with Crippen molar-refractivity contribution in [2.24, 2.45) is 0 Å². The first-order chi connectivity index (χ1) is 11.3. The molecular formula is C18H16N2O2S. The first kappa shape index (κ1) is 15.2. The van der Waals surface area contributed by atoms with Gasteiger partial charge < -0.3 is 10.1 Å². The fraction of sp³-hybridized carbons (Fsp3) is 0.111. The van der Waals surface area contributed by atoms with Crippen molar-refractivity contribution in [1.82, 2.24) is 10.3 Å². The topological polar surface area (TPSA) is 51.2 Å². The van der Waals surface area contributed by atoms with Crippen molar-refractivity contribution in [3.05, 3.63) is 76.7 Å². The number of benzene rings is 2. The molecule has 0 aliphatic carbocycles. The summed E-state index contributed by atoms with van der Waals surface area (Å²) in [4.78, 5) is 16.4. The van der Waals surface area contributed by atoms with Crippen molar-refractivity contribution in [3.63, 3.8) is 0 Å². The van der Waals surface area contributed by atoms with Gasteiger partial charge in [-0.05, 0) is 30.3 Å². The molecule has 1 N–H and O–H groups in total. The summed E-state index contributed by atoms with van der Waals surface area (Å²) in [7, 11) is 0. The molecule has 4 nitrogen and oxygen atoms in total. The van der Waals surface area contributed by atoms with Gasteiger partial charge >= 0.3 is 0 Å². The van der Waals surface area contributed by atoms with E-state index in [2.05, 4.69) is 10.3 Å². The fourth-order valence-corrected chi connectivity index (χ4v) is 2.71. The molecule has 0 spiro atoms. The van der Waals surface area contributed by atoms with Gasteiger partial charge in [0, 0.05) is 30.1 Å². The number of ether oxygens (including phenoxy) is 1. The van der Waals surface area contributed by atoms with E-state index in [1.165, 1.54) is 0 Å². The predicted molar refractivity (Wildman–Crippen MR) is 91.1 cm³/mol. The van der Waals surface area contributed by atoms with Crippen LogP contribution in [0.15, 0.2) is 66.2 Å². The van der Waals surface area contributed by atoms with E-state index in [4.69, 9.17) is 4.74 Å². The van der Waals surface area contributed by atoms with E-state index in [1.807, 2.05) is 47.8 Å². The molecule has 0 saturated carbocycles. The summed E-state index contributed by atoms with van der Waals surface area (Å²) < 4.78 is 5.74. The first-order valence-electron chi connectivity index (χ1n) is 7.31. The molecule has 3 aromatic rings. The van der Waals surface area contributed by atoms with Crippen LogP contribution < -0.4 is 10.1 Å². The summed E-state index contributed by atoms with van der Waals surface area (Å²) in [5.41, 5.74) is 0.581. The average Bonchev–Trinajstić information content (AvgIpc) is 3.09. The summed E-state index contributed by atoms with van der Waals surface area (Å²) >= 11 is 1.59. The molecule has 2 aromatic carbocycles. The maximum absolute atomic E-state index is 12.2. The van der Waals surface area contributed by atoms with Crippen LogP contribution in [-0.2, 0) is 6.42 Å². The van der Waals surface area contributed by atoms with E-state index in [1.54, 1.807) is 29.7 Å². The fourth-order valence-electron chi connectivity index (χ4n) is 2.09. The number of hydrogen-bond acceptors (Lipinski definition) is 4. The van der Waals surface area contributed by atoms with E-state index in [-0.39, 0.29) is 5.91 Å². The third-order valence-electron chi connectivity index (χ3n) is 3.18. The number of carbonyl (C=O) groups is 1. The lowest BCUT2D eigenvalue weighted by molar-refractivity contribution is 0.0954. The van der Waals surface area contributed by atoms with Crippen LogP contribution in [0.25, 0.3) is 0 Å². The second kappa shape index (κ2) is 7.56. The van der Waals surface area contributed by atoms with Gasteiger partial charge in [0.2, 0.25) is 0 Å². The second-order valence-corrected chi connectivity index (χ2v) is 5.85. The van der Waals surface area contributed by atoms with Crippen molar-refractivity contribution in [2.45, 2.75) is 6.42 Å². The summed E-state index contributed by atoms with van der Waals surface area (Å²) in [5, 5.41) is 5.85. The van der Waals surface area contributed by atoms with Crippen molar-refractivity contribution < 1.29 is 9.53 Å². The minimum atomic E-state index is -0.111. The second-order valence-electron chi connectivity index (χ2n) is 4.87. The summed E-state index contributed by atoms with van der Waals surface area (Å²) in [6.07, 6.45) is 2.51. The van der Waals surface area contributed by atoms with Gasteiger partial charge in [-0.25, -0.2) is 4.98 Å². The Balaban J connectivity index is 1.59. The zero-order valence-corrected chi connectivity index (χ0v) is 13.3. The minimum Gasteiger partial charge on any atom is -0.457 e. The van der Waals surface area contributed by atoms with Gasteiger partial charge in [0.1, 0.15) is 11.5 Å². The molecule has 0 atom stereocenters. The van der Waals surface area contributed by atoms with Crippen molar-refractivity contribution in [3.8, 4) is 11.5 Å². The quantitative estimate of drug-likeness (QED) is 0.748. The molecule has 0 radical (unpaired) electrons. The number of thiazole rings is 1. The van der Waals surface area contributed by atoms with E-state index < -0.39 is 0 Å². The molecule has 0 bridgehead atoms. The molecular weight excluding hydrogens is 308 g/mol. The molecule has 1 heterocycles. The summed E-state index contributed by atoms with van der Waals surface area (Å²) in [6, 6.07) is 16.7. The zero-order valence-electron chi connectivity index (χ0n) is 12.4. The SMILES string of the molecule is O=C(NCCc1nccs1)c1cccc(Oc2ccccc2)c1. The lowest BCUT2D eigenvalue weighted by Gasteiger charge is -2.08. The third kappa shape index (κ3) is 4.40. The lowest BCUT2D eigenvalue weighted by atomic mass is 10.2. The van der Waals surface area contributed by atoms with Gasteiger partial charge in [-0.15, -0.1) is 11.3 Å². The van der Waals surface area contributed by atoms with E-state index in [0.29, 0.717) is 17.9 Å². The van der Waals surface area contributed by atoms with Gasteiger partial charge in [0.15, 0.2) is 0 Å². The Kier molecular flexibility index (Phi) is 5.01. The third-order valence-corrected chi connectivity index (χ3v) is 4.02. The maximum Gasteiger partial charge on any atom is 0.251 e. The largest absolute Gasteiger partial charge is 0.457 e. The van der Waals surface area contributed by atoms with Gasteiger partial charge in [-0.1, -0.05) is 24.3 Å². The number of hydrogen-bond donors (Lipinski definition) is 1. The van der Waals surface area contributed by atoms with Crippen LogP contribution in [-0.4, -0.2) is 17.4 Å². The van der Waals surface area contributed by atoms with Crippen molar-refractivity contribution in [2.75, 3.05) is 6.54 Å². The van der Waals surface area contributed by atoms with E-state index >= 15 is 0 Å². The molecule has 3 rings (SSSR count). The molecule has 1 aromatic heterocycles. The zero-order chi connectivity index (χ0) is 15.9. The highest BCUT2D eigenvalue weighted by Crippen LogP contribution is 2.21. The molecule has 0 aliphatic heterocycles. The maximum atomic E-state index is 12.2. The Morgan fingerprint density at radius 3 is 2.70 bits per heavy atom. The normalized spacial score (nSPS) is 10.3.